The van der Waals surface area contributed by atoms with E-state index in [4.69, 9.17) is 0 Å². The highest BCUT2D eigenvalue weighted by Crippen LogP contribution is 2.32. The Morgan fingerprint density at radius 2 is 2.05 bits per heavy atom. The van der Waals surface area contributed by atoms with E-state index >= 15 is 0 Å². The Labute approximate surface area is 138 Å². The van der Waals surface area contributed by atoms with Gasteiger partial charge in [-0.15, -0.1) is 12.4 Å². The van der Waals surface area contributed by atoms with Gasteiger partial charge in [-0.05, 0) is 63.0 Å². The second-order valence-electron chi connectivity index (χ2n) is 5.89. The lowest BCUT2D eigenvalue weighted by atomic mass is 9.97. The Morgan fingerprint density at radius 1 is 1.32 bits per heavy atom. The van der Waals surface area contributed by atoms with Crippen molar-refractivity contribution in [3.05, 3.63) is 23.8 Å². The number of sulfonamides is 1. The summed E-state index contributed by atoms with van der Waals surface area (Å²) in [6.07, 6.45) is 3.43. The molecule has 3 rings (SSSR count). The second-order valence-corrected chi connectivity index (χ2v) is 7.77. The third-order valence-corrected chi connectivity index (χ3v) is 5.98. The molecule has 1 fully saturated rings. The molecule has 1 saturated heterocycles. The van der Waals surface area contributed by atoms with E-state index in [0.717, 1.165) is 38.3 Å². The molecule has 5 nitrogen and oxygen atoms in total. The molecular formula is C15H24ClN3O2S. The molecule has 1 aromatic carbocycles. The van der Waals surface area contributed by atoms with Gasteiger partial charge >= 0.3 is 0 Å². The van der Waals surface area contributed by atoms with Crippen LogP contribution in [0.2, 0.25) is 0 Å². The van der Waals surface area contributed by atoms with Crippen molar-refractivity contribution in [3.8, 4) is 0 Å². The fourth-order valence-electron chi connectivity index (χ4n) is 3.28. The number of halogens is 1. The highest BCUT2D eigenvalue weighted by atomic mass is 35.5. The number of nitrogens with zero attached hydrogens (tertiary/aromatic N) is 1. The van der Waals surface area contributed by atoms with E-state index in [1.165, 1.54) is 25.5 Å². The smallest absolute Gasteiger partial charge is 0.240 e. The molecule has 2 N–H and O–H groups in total. The van der Waals surface area contributed by atoms with E-state index in [9.17, 15) is 8.42 Å². The van der Waals surface area contributed by atoms with Gasteiger partial charge in [0.1, 0.15) is 0 Å². The number of piperidine rings is 1. The average Bonchev–Trinajstić information content (AvgIpc) is 2.91. The fraction of sp³-hybridized carbons (Fsp3) is 0.600. The second kappa shape index (κ2) is 7.17. The van der Waals surface area contributed by atoms with Gasteiger partial charge in [-0.25, -0.2) is 13.1 Å². The molecule has 124 valence electrons. The van der Waals surface area contributed by atoms with Crippen LogP contribution in [-0.4, -0.2) is 41.6 Å². The van der Waals surface area contributed by atoms with Crippen molar-refractivity contribution in [1.82, 2.24) is 10.0 Å². The Bertz CT molecular complexity index is 615. The van der Waals surface area contributed by atoms with Gasteiger partial charge in [-0.3, -0.25) is 0 Å². The zero-order valence-electron chi connectivity index (χ0n) is 12.8. The Kier molecular flexibility index (Phi) is 5.71. The molecule has 0 radical (unpaired) electrons. The van der Waals surface area contributed by atoms with Crippen LogP contribution in [0.5, 0.6) is 0 Å². The zero-order chi connectivity index (χ0) is 14.9. The summed E-state index contributed by atoms with van der Waals surface area (Å²) >= 11 is 0. The molecule has 0 aromatic heterocycles. The highest BCUT2D eigenvalue weighted by Gasteiger charge is 2.25. The maximum Gasteiger partial charge on any atom is 0.240 e. The maximum atomic E-state index is 12.0. The van der Waals surface area contributed by atoms with E-state index in [1.807, 2.05) is 12.1 Å². The van der Waals surface area contributed by atoms with Crippen LogP contribution in [0.1, 0.15) is 18.4 Å². The van der Waals surface area contributed by atoms with E-state index in [1.54, 1.807) is 6.07 Å². The van der Waals surface area contributed by atoms with Crippen LogP contribution >= 0.6 is 12.4 Å². The van der Waals surface area contributed by atoms with Crippen molar-refractivity contribution >= 4 is 28.1 Å². The maximum absolute atomic E-state index is 12.0. The number of anilines is 1. The molecule has 0 unspecified atom stereocenters. The van der Waals surface area contributed by atoms with Gasteiger partial charge in [0.25, 0.3) is 0 Å². The third kappa shape index (κ3) is 3.56. The molecule has 0 spiro atoms. The number of hydrogen-bond donors (Lipinski definition) is 2. The van der Waals surface area contributed by atoms with Crippen molar-refractivity contribution in [2.24, 2.45) is 5.92 Å². The molecule has 2 heterocycles. The van der Waals surface area contributed by atoms with Crippen LogP contribution in [-0.2, 0) is 16.4 Å². The van der Waals surface area contributed by atoms with E-state index < -0.39 is 10.0 Å². The largest absolute Gasteiger partial charge is 0.371 e. The van der Waals surface area contributed by atoms with Gasteiger partial charge in [0.15, 0.2) is 0 Å². The van der Waals surface area contributed by atoms with Crippen LogP contribution in [0.3, 0.4) is 0 Å². The summed E-state index contributed by atoms with van der Waals surface area (Å²) in [5.41, 5.74) is 2.36. The Balaban J connectivity index is 0.00000176. The molecule has 22 heavy (non-hydrogen) atoms. The SMILES string of the molecule is CNS(=O)(=O)c1ccc2c(c1)N(CC1CCNCC1)CC2.Cl. The van der Waals surface area contributed by atoms with Gasteiger partial charge in [-0.2, -0.15) is 0 Å². The molecule has 0 aliphatic carbocycles. The lowest BCUT2D eigenvalue weighted by molar-refractivity contribution is 0.375. The van der Waals surface area contributed by atoms with Crippen LogP contribution in [0.15, 0.2) is 23.1 Å². The van der Waals surface area contributed by atoms with Crippen LogP contribution in [0, 0.1) is 5.92 Å². The normalized spacial score (nSPS) is 18.9. The summed E-state index contributed by atoms with van der Waals surface area (Å²) in [6.45, 7) is 4.24. The minimum Gasteiger partial charge on any atom is -0.371 e. The number of fused-ring (bicyclic) bond motifs is 1. The van der Waals surface area contributed by atoms with Crippen molar-refractivity contribution in [3.63, 3.8) is 0 Å². The summed E-state index contributed by atoms with van der Waals surface area (Å²) < 4.78 is 26.3. The minimum absolute atomic E-state index is 0. The molecule has 2 aliphatic heterocycles. The summed E-state index contributed by atoms with van der Waals surface area (Å²) in [4.78, 5) is 2.72. The minimum atomic E-state index is -3.36. The lowest BCUT2D eigenvalue weighted by Crippen LogP contribution is -2.35. The molecule has 7 heteroatoms. The number of hydrogen-bond acceptors (Lipinski definition) is 4. The van der Waals surface area contributed by atoms with E-state index in [2.05, 4.69) is 14.9 Å². The molecule has 0 saturated carbocycles. The Morgan fingerprint density at radius 3 is 2.73 bits per heavy atom. The molecular weight excluding hydrogens is 322 g/mol. The van der Waals surface area contributed by atoms with Crippen molar-refractivity contribution in [1.29, 1.82) is 0 Å². The third-order valence-electron chi connectivity index (χ3n) is 4.56. The zero-order valence-corrected chi connectivity index (χ0v) is 14.5. The van der Waals surface area contributed by atoms with Crippen molar-refractivity contribution in [2.45, 2.75) is 24.2 Å². The summed E-state index contributed by atoms with van der Waals surface area (Å²) in [6, 6.07) is 5.50. The quantitative estimate of drug-likeness (QED) is 0.865. The molecule has 0 atom stereocenters. The van der Waals surface area contributed by atoms with Crippen molar-refractivity contribution in [2.75, 3.05) is 38.1 Å². The van der Waals surface area contributed by atoms with Crippen molar-refractivity contribution < 1.29 is 8.42 Å². The first-order valence-electron chi connectivity index (χ1n) is 7.62. The molecule has 0 bridgehead atoms. The standard InChI is InChI=1S/C15H23N3O2S.ClH/c1-16-21(19,20)14-3-2-13-6-9-18(15(13)10-14)11-12-4-7-17-8-5-12;/h2-3,10,12,16-17H,4-9,11H2,1H3;1H. The van der Waals surface area contributed by atoms with Gasteiger partial charge in [0.2, 0.25) is 10.0 Å². The lowest BCUT2D eigenvalue weighted by Gasteiger charge is -2.29. The topological polar surface area (TPSA) is 61.4 Å². The summed E-state index contributed by atoms with van der Waals surface area (Å²) in [7, 11) is -1.91. The van der Waals surface area contributed by atoms with Gasteiger partial charge in [0.05, 0.1) is 4.90 Å². The van der Waals surface area contributed by atoms with Crippen LogP contribution in [0.25, 0.3) is 0 Å². The number of nitrogens with one attached hydrogen (secondary N) is 2. The van der Waals surface area contributed by atoms with Gasteiger partial charge < -0.3 is 10.2 Å². The van der Waals surface area contributed by atoms with E-state index in [0.29, 0.717) is 10.8 Å². The molecule has 2 aliphatic rings. The average molecular weight is 346 g/mol. The molecule has 0 amide bonds. The number of rotatable bonds is 4. The number of benzene rings is 1. The molecule has 1 aromatic rings. The summed E-state index contributed by atoms with van der Waals surface area (Å²) in [5, 5.41) is 3.39. The van der Waals surface area contributed by atoms with E-state index in [-0.39, 0.29) is 12.4 Å². The van der Waals surface area contributed by atoms with Crippen LogP contribution < -0.4 is 14.9 Å². The van der Waals surface area contributed by atoms with Gasteiger partial charge in [-0.1, -0.05) is 6.07 Å². The Hall–Kier alpha value is -0.820. The fourth-order valence-corrected chi connectivity index (χ4v) is 4.03. The predicted molar refractivity (Wildman–Crippen MR) is 91.4 cm³/mol. The van der Waals surface area contributed by atoms with Crippen LogP contribution in [0.4, 0.5) is 5.69 Å². The highest BCUT2D eigenvalue weighted by molar-refractivity contribution is 7.89. The first-order chi connectivity index (χ1) is 10.1. The first-order valence-corrected chi connectivity index (χ1v) is 9.10. The monoisotopic (exact) mass is 345 g/mol. The van der Waals surface area contributed by atoms with Gasteiger partial charge in [0, 0.05) is 18.8 Å². The predicted octanol–water partition coefficient (Wildman–Crippen LogP) is 1.38. The first kappa shape index (κ1) is 17.5. The summed E-state index contributed by atoms with van der Waals surface area (Å²) in [5.74, 6) is 0.710.